The summed E-state index contributed by atoms with van der Waals surface area (Å²) in [6, 6.07) is 20.1. The van der Waals surface area contributed by atoms with Crippen molar-refractivity contribution in [1.29, 1.82) is 0 Å². The van der Waals surface area contributed by atoms with Crippen LogP contribution in [0, 0.1) is 5.92 Å². The molecular weight excluding hydrogens is 677 g/mol. The molecule has 0 radical (unpaired) electrons. The van der Waals surface area contributed by atoms with Crippen molar-refractivity contribution in [3.63, 3.8) is 0 Å². The molecule has 9 heteroatoms. The quantitative estimate of drug-likeness (QED) is 0.157. The third-order valence-electron chi connectivity index (χ3n) is 12.0. The van der Waals surface area contributed by atoms with Gasteiger partial charge in [-0.1, -0.05) is 68.3 Å². The highest BCUT2D eigenvalue weighted by molar-refractivity contribution is 5.88. The van der Waals surface area contributed by atoms with Gasteiger partial charge in [0.15, 0.2) is 11.5 Å². The number of aliphatic hydroxyl groups is 1. The summed E-state index contributed by atoms with van der Waals surface area (Å²) in [6.45, 7) is 4.06. The predicted molar refractivity (Wildman–Crippen MR) is 212 cm³/mol. The Morgan fingerprint density at radius 2 is 1.89 bits per heavy atom. The average molecular weight is 731 g/mol. The van der Waals surface area contributed by atoms with Crippen LogP contribution in [0.25, 0.3) is 16.6 Å². The van der Waals surface area contributed by atoms with Crippen LogP contribution in [0.3, 0.4) is 0 Å². The second-order valence-corrected chi connectivity index (χ2v) is 15.7. The number of likely N-dealkylation sites (tertiary alicyclic amines) is 1. The molecule has 1 amide bonds. The van der Waals surface area contributed by atoms with Gasteiger partial charge in [0.1, 0.15) is 12.4 Å². The molecule has 4 aromatic rings. The number of phenolic OH excluding ortho intramolecular Hbond substituents is 1. The molecule has 2 fully saturated rings. The van der Waals surface area contributed by atoms with Gasteiger partial charge in [0.25, 0.3) is 0 Å². The molecule has 4 aliphatic rings. The highest BCUT2D eigenvalue weighted by Crippen LogP contribution is 2.39. The fourth-order valence-corrected chi connectivity index (χ4v) is 8.76. The number of hydrogen-bond acceptors (Lipinski definition) is 7. The van der Waals surface area contributed by atoms with E-state index in [-0.39, 0.29) is 42.6 Å². The van der Waals surface area contributed by atoms with Crippen molar-refractivity contribution in [2.45, 2.75) is 108 Å². The van der Waals surface area contributed by atoms with Crippen molar-refractivity contribution in [2.75, 3.05) is 13.1 Å². The summed E-state index contributed by atoms with van der Waals surface area (Å²) in [5.41, 5.74) is 11.6. The maximum Gasteiger partial charge on any atom is 0.223 e. The summed E-state index contributed by atoms with van der Waals surface area (Å²) in [5.74, 6) is 1.76. The van der Waals surface area contributed by atoms with Gasteiger partial charge >= 0.3 is 0 Å². The SMILES string of the molecule is CCCC[C@H]1CC[C@H]2O[C@@H]1C[C@H](O)CCc1ccc(O)c(c1)OCc1cc([C@H](CC(=O)N3CCC3)c3ccccc3)cc3cn(cc13)C1=C2C=CC(N)N1. The number of dihydropyridines is 1. The van der Waals surface area contributed by atoms with Crippen LogP contribution in [-0.4, -0.2) is 63.2 Å². The first-order valence-corrected chi connectivity index (χ1v) is 20.0. The van der Waals surface area contributed by atoms with Gasteiger partial charge in [0.2, 0.25) is 5.91 Å². The number of aryl methyl sites for hydroxylation is 1. The summed E-state index contributed by atoms with van der Waals surface area (Å²) < 4.78 is 15.6. The van der Waals surface area contributed by atoms with Gasteiger partial charge in [-0.05, 0) is 97.4 Å². The first-order chi connectivity index (χ1) is 26.3. The number of fused-ring (bicyclic) bond motifs is 7. The van der Waals surface area contributed by atoms with Crippen molar-refractivity contribution in [1.82, 2.24) is 14.8 Å². The topological polar surface area (TPSA) is 122 Å². The molecule has 0 saturated carbocycles. The fraction of sp³-hybridized carbons (Fsp3) is 0.444. The summed E-state index contributed by atoms with van der Waals surface area (Å²) >= 11 is 0. The molecule has 1 unspecified atom stereocenters. The van der Waals surface area contributed by atoms with Crippen LogP contribution in [0.2, 0.25) is 0 Å². The zero-order valence-corrected chi connectivity index (χ0v) is 31.3. The molecule has 9 nitrogen and oxygen atoms in total. The van der Waals surface area contributed by atoms with Gasteiger partial charge in [-0.3, -0.25) is 4.79 Å². The molecule has 54 heavy (non-hydrogen) atoms. The number of aromatic nitrogens is 1. The van der Waals surface area contributed by atoms with E-state index in [4.69, 9.17) is 15.2 Å². The van der Waals surface area contributed by atoms with E-state index in [0.29, 0.717) is 37.4 Å². The van der Waals surface area contributed by atoms with E-state index in [1.807, 2.05) is 41.3 Å². The maximum absolute atomic E-state index is 13.5. The molecule has 6 atom stereocenters. The molecule has 6 bridgehead atoms. The van der Waals surface area contributed by atoms with Gasteiger partial charge in [-0.15, -0.1) is 0 Å². The number of unbranched alkanes of at least 4 members (excludes halogenated alkanes) is 1. The van der Waals surface area contributed by atoms with Crippen molar-refractivity contribution in [2.24, 2.45) is 11.7 Å². The number of aromatic hydroxyl groups is 1. The highest BCUT2D eigenvalue weighted by atomic mass is 16.5. The minimum absolute atomic E-state index is 0.0626. The summed E-state index contributed by atoms with van der Waals surface area (Å²) in [6.07, 6.45) is 15.8. The van der Waals surface area contributed by atoms with E-state index in [2.05, 4.69) is 59.5 Å². The number of benzene rings is 3. The first-order valence-electron chi connectivity index (χ1n) is 20.0. The zero-order valence-electron chi connectivity index (χ0n) is 31.3. The Bertz CT molecular complexity index is 2020. The van der Waals surface area contributed by atoms with E-state index < -0.39 is 6.10 Å². The number of phenols is 1. The maximum atomic E-state index is 13.5. The number of nitrogens with two attached hydrogens (primary N) is 1. The van der Waals surface area contributed by atoms with E-state index in [1.54, 1.807) is 6.07 Å². The average Bonchev–Trinajstić information content (AvgIpc) is 3.59. The lowest BCUT2D eigenvalue weighted by Gasteiger charge is -2.39. The molecule has 284 valence electrons. The number of aliphatic hydroxyl groups excluding tert-OH is 1. The molecule has 1 aromatic heterocycles. The number of amides is 1. The van der Waals surface area contributed by atoms with Crippen molar-refractivity contribution >= 4 is 22.5 Å². The van der Waals surface area contributed by atoms with E-state index in [9.17, 15) is 15.0 Å². The van der Waals surface area contributed by atoms with Crippen LogP contribution in [0.15, 0.2) is 90.8 Å². The minimum atomic E-state index is -0.523. The summed E-state index contributed by atoms with van der Waals surface area (Å²) in [7, 11) is 0. The van der Waals surface area contributed by atoms with Gasteiger partial charge in [0, 0.05) is 54.2 Å². The molecule has 0 spiro atoms. The lowest BCUT2D eigenvalue weighted by atomic mass is 9.83. The van der Waals surface area contributed by atoms with Gasteiger partial charge < -0.3 is 40.2 Å². The molecule has 4 aliphatic heterocycles. The summed E-state index contributed by atoms with van der Waals surface area (Å²) in [4.78, 5) is 15.5. The third-order valence-corrected chi connectivity index (χ3v) is 12.0. The Kier molecular flexibility index (Phi) is 10.8. The van der Waals surface area contributed by atoms with E-state index in [0.717, 1.165) is 96.0 Å². The largest absolute Gasteiger partial charge is 0.504 e. The molecule has 3 aromatic carbocycles. The fourth-order valence-electron chi connectivity index (χ4n) is 8.76. The number of nitrogens with one attached hydrogen (secondary N) is 1. The Labute approximate surface area is 318 Å². The van der Waals surface area contributed by atoms with Crippen LogP contribution >= 0.6 is 0 Å². The Balaban J connectivity index is 1.25. The minimum Gasteiger partial charge on any atom is -0.504 e. The second kappa shape index (κ2) is 16.0. The van der Waals surface area contributed by atoms with Gasteiger partial charge in [-0.25, -0.2) is 0 Å². The molecule has 0 aliphatic carbocycles. The lowest BCUT2D eigenvalue weighted by molar-refractivity contribution is -0.134. The van der Waals surface area contributed by atoms with Gasteiger partial charge in [-0.2, -0.15) is 0 Å². The number of ether oxygens (including phenoxy) is 2. The first kappa shape index (κ1) is 36.4. The van der Waals surface area contributed by atoms with Crippen LogP contribution in [0.4, 0.5) is 0 Å². The molecule has 5 N–H and O–H groups in total. The summed E-state index contributed by atoms with van der Waals surface area (Å²) in [5, 5.41) is 27.9. The normalized spacial score (nSPS) is 24.9. The highest BCUT2D eigenvalue weighted by Gasteiger charge is 2.35. The van der Waals surface area contributed by atoms with Crippen molar-refractivity contribution in [3.8, 4) is 11.5 Å². The number of rotatable bonds is 7. The van der Waals surface area contributed by atoms with Crippen molar-refractivity contribution in [3.05, 3.63) is 113 Å². The zero-order chi connectivity index (χ0) is 37.2. The molecule has 2 saturated heterocycles. The second-order valence-electron chi connectivity index (χ2n) is 15.7. The lowest BCUT2D eigenvalue weighted by Crippen LogP contribution is -2.43. The van der Waals surface area contributed by atoms with Crippen LogP contribution in [-0.2, 0) is 22.6 Å². The van der Waals surface area contributed by atoms with Crippen LogP contribution in [0.1, 0.15) is 92.9 Å². The van der Waals surface area contributed by atoms with Gasteiger partial charge in [0.05, 0.1) is 24.5 Å². The molecule has 5 heterocycles. The monoisotopic (exact) mass is 730 g/mol. The number of hydrogen-bond donors (Lipinski definition) is 4. The van der Waals surface area contributed by atoms with Crippen molar-refractivity contribution < 1.29 is 24.5 Å². The smallest absolute Gasteiger partial charge is 0.223 e. The molecule has 8 rings (SSSR count). The predicted octanol–water partition coefficient (Wildman–Crippen LogP) is 7.34. The third kappa shape index (κ3) is 7.81. The van der Waals surface area contributed by atoms with Crippen LogP contribution in [0.5, 0.6) is 11.5 Å². The Hall–Kier alpha value is -4.57. The molecular formula is C45H54N4O5. The Morgan fingerprint density at radius 1 is 1.04 bits per heavy atom. The number of nitrogens with zero attached hydrogens (tertiary/aromatic N) is 2. The van der Waals surface area contributed by atoms with E-state index >= 15 is 0 Å². The standard InChI is InChI=1S/C45H54N4O5/c1-2-3-8-31-13-17-40-36-15-18-43(46)47-45(36)49-26-33-22-32(37(30-9-5-4-6-10-30)25-44(52)48-19-7-20-48)23-34(38(33)27-49)28-53-42-21-29(12-16-39(42)51)11-14-35(50)24-41(31)54-40/h4-6,9-10,12,15-16,18,21-23,26-27,31,35,37,40-41,43,47,50-51H,2-3,7-8,11,13-14,17,19-20,24-25,28,46H2,1H3/t31-,35+,37+,40+,41+,43?/m0/s1. The Morgan fingerprint density at radius 3 is 2.69 bits per heavy atom. The number of carbonyl (C=O) groups is 1. The number of carbonyl (C=O) groups excluding carboxylic acids is 1. The van der Waals surface area contributed by atoms with Crippen LogP contribution < -0.4 is 15.8 Å². The van der Waals surface area contributed by atoms with E-state index in [1.165, 1.54) is 0 Å².